The summed E-state index contributed by atoms with van der Waals surface area (Å²) in [5.41, 5.74) is 4.65. The molecule has 3 heterocycles. The average molecular weight is 359 g/mol. The fourth-order valence-electron chi connectivity index (χ4n) is 2.94. The largest absolute Gasteiger partial charge is 0.394 e. The molecule has 2 N–H and O–H groups in total. The number of rotatable bonds is 6. The number of ether oxygens (including phenoxy) is 1. The highest BCUT2D eigenvalue weighted by Crippen LogP contribution is 2.33. The molecule has 136 valence electrons. The molecular formula is C17H18FN5O3. The zero-order chi connectivity index (χ0) is 17.9. The van der Waals surface area contributed by atoms with E-state index in [4.69, 9.17) is 9.57 Å². The number of halogens is 1. The highest BCUT2D eigenvalue weighted by atomic mass is 19.1. The molecule has 0 unspecified atom stereocenters. The van der Waals surface area contributed by atoms with Crippen molar-refractivity contribution >= 4 is 17.0 Å². The van der Waals surface area contributed by atoms with Gasteiger partial charge in [-0.3, -0.25) is 9.40 Å². The molecular weight excluding hydrogens is 341 g/mol. The molecule has 0 spiro atoms. The Kier molecular flexibility index (Phi) is 4.74. The van der Waals surface area contributed by atoms with Gasteiger partial charge in [-0.05, 0) is 5.56 Å². The summed E-state index contributed by atoms with van der Waals surface area (Å²) in [4.78, 5) is 18.0. The van der Waals surface area contributed by atoms with Gasteiger partial charge >= 0.3 is 0 Å². The van der Waals surface area contributed by atoms with Crippen LogP contribution in [0.2, 0.25) is 0 Å². The number of anilines is 1. The summed E-state index contributed by atoms with van der Waals surface area (Å²) in [6.07, 6.45) is 0.299. The van der Waals surface area contributed by atoms with Crippen LogP contribution in [0.3, 0.4) is 0 Å². The van der Waals surface area contributed by atoms with E-state index >= 15 is 0 Å². The molecule has 0 saturated carbocycles. The molecule has 1 aromatic carbocycles. The number of aliphatic hydroxyl groups is 1. The molecule has 8 nitrogen and oxygen atoms in total. The zero-order valence-electron chi connectivity index (χ0n) is 13.8. The Hall–Kier alpha value is -2.62. The van der Waals surface area contributed by atoms with Crippen LogP contribution in [0.5, 0.6) is 0 Å². The van der Waals surface area contributed by atoms with Crippen molar-refractivity contribution in [1.29, 1.82) is 0 Å². The van der Waals surface area contributed by atoms with Crippen molar-refractivity contribution in [2.45, 2.75) is 31.5 Å². The van der Waals surface area contributed by atoms with E-state index < -0.39 is 18.5 Å². The molecule has 1 aliphatic heterocycles. The van der Waals surface area contributed by atoms with Crippen LogP contribution in [0.25, 0.3) is 11.2 Å². The fraction of sp³-hybridized carbons (Fsp3) is 0.353. The van der Waals surface area contributed by atoms with Crippen molar-refractivity contribution in [3.63, 3.8) is 0 Å². The number of aliphatic hydroxyl groups excluding tert-OH is 1. The Balaban J connectivity index is 1.52. The van der Waals surface area contributed by atoms with Crippen molar-refractivity contribution in [3.8, 4) is 0 Å². The van der Waals surface area contributed by atoms with E-state index in [9.17, 15) is 9.50 Å². The predicted molar refractivity (Wildman–Crippen MR) is 90.7 cm³/mol. The summed E-state index contributed by atoms with van der Waals surface area (Å²) in [6, 6.07) is 9.68. The number of imidazole rings is 1. The predicted octanol–water partition coefficient (Wildman–Crippen LogP) is 1.99. The Bertz CT molecular complexity index is 875. The first kappa shape index (κ1) is 16.8. The van der Waals surface area contributed by atoms with E-state index in [1.165, 1.54) is 17.2 Å². The lowest BCUT2D eigenvalue weighted by Crippen LogP contribution is -2.17. The number of benzene rings is 1. The number of alkyl halides is 1. The van der Waals surface area contributed by atoms with Crippen molar-refractivity contribution in [2.24, 2.45) is 0 Å². The van der Waals surface area contributed by atoms with E-state index in [0.717, 1.165) is 5.56 Å². The fourth-order valence-corrected chi connectivity index (χ4v) is 2.94. The number of fused-ring (bicyclic) bond motifs is 1. The second kappa shape index (κ2) is 7.32. The summed E-state index contributed by atoms with van der Waals surface area (Å²) in [7, 11) is 0. The highest BCUT2D eigenvalue weighted by molar-refractivity contribution is 5.82. The van der Waals surface area contributed by atoms with Crippen LogP contribution < -0.4 is 5.48 Å². The lowest BCUT2D eigenvalue weighted by Gasteiger charge is -2.15. The molecule has 3 atom stereocenters. The molecule has 3 aromatic rings. The van der Waals surface area contributed by atoms with Gasteiger partial charge < -0.3 is 9.84 Å². The lowest BCUT2D eigenvalue weighted by atomic mass is 10.2. The molecule has 26 heavy (non-hydrogen) atoms. The van der Waals surface area contributed by atoms with Crippen LogP contribution in [-0.4, -0.2) is 43.5 Å². The maximum Gasteiger partial charge on any atom is 0.181 e. The number of hydrogen-bond donors (Lipinski definition) is 2. The van der Waals surface area contributed by atoms with Crippen LogP contribution in [0.1, 0.15) is 18.2 Å². The standard InChI is InChI=1S/C17H18FN5O3/c18-13-6-12(7-24)26-17(13)23-10-21-14-15(19-9-20-16(14)23)22-25-8-11-4-2-1-3-5-11/h1-5,9-10,12-13,17,24H,6-8H2,(H,19,20,22)/t12-,13-,17+/m0/s1. The topological polar surface area (TPSA) is 94.3 Å². The van der Waals surface area contributed by atoms with E-state index in [0.29, 0.717) is 23.6 Å². The minimum atomic E-state index is -1.25. The Morgan fingerprint density at radius 3 is 2.88 bits per heavy atom. The van der Waals surface area contributed by atoms with Gasteiger partial charge in [0.15, 0.2) is 23.2 Å². The smallest absolute Gasteiger partial charge is 0.181 e. The average Bonchev–Trinajstić information content (AvgIpc) is 3.26. The van der Waals surface area contributed by atoms with E-state index in [1.807, 2.05) is 30.3 Å². The second-order valence-corrected chi connectivity index (χ2v) is 6.01. The van der Waals surface area contributed by atoms with Crippen LogP contribution in [0.4, 0.5) is 10.2 Å². The first-order valence-corrected chi connectivity index (χ1v) is 8.26. The van der Waals surface area contributed by atoms with Crippen molar-refractivity contribution in [2.75, 3.05) is 12.1 Å². The minimum absolute atomic E-state index is 0.136. The van der Waals surface area contributed by atoms with Crippen LogP contribution in [-0.2, 0) is 16.2 Å². The number of nitrogens with one attached hydrogen (secondary N) is 1. The molecule has 4 rings (SSSR count). The van der Waals surface area contributed by atoms with Gasteiger partial charge in [0.1, 0.15) is 12.5 Å². The molecule has 0 bridgehead atoms. The lowest BCUT2D eigenvalue weighted by molar-refractivity contribution is -0.0351. The Morgan fingerprint density at radius 1 is 1.27 bits per heavy atom. The van der Waals surface area contributed by atoms with Crippen molar-refractivity contribution in [3.05, 3.63) is 48.5 Å². The summed E-state index contributed by atoms with van der Waals surface area (Å²) in [6.45, 7) is 0.127. The van der Waals surface area contributed by atoms with Crippen molar-refractivity contribution < 1.29 is 19.1 Å². The molecule has 1 fully saturated rings. The normalized spacial score (nSPS) is 22.8. The van der Waals surface area contributed by atoms with Crippen LogP contribution in [0.15, 0.2) is 43.0 Å². The molecule has 0 aliphatic carbocycles. The maximum absolute atomic E-state index is 14.2. The third-order valence-electron chi connectivity index (χ3n) is 4.22. The van der Waals surface area contributed by atoms with Gasteiger partial charge in [0.2, 0.25) is 0 Å². The molecule has 1 aliphatic rings. The third-order valence-corrected chi connectivity index (χ3v) is 4.22. The second-order valence-electron chi connectivity index (χ2n) is 6.01. The summed E-state index contributed by atoms with van der Waals surface area (Å²) >= 11 is 0. The van der Waals surface area contributed by atoms with Crippen molar-refractivity contribution in [1.82, 2.24) is 19.5 Å². The van der Waals surface area contributed by atoms with E-state index in [-0.39, 0.29) is 13.0 Å². The van der Waals surface area contributed by atoms with Crippen LogP contribution >= 0.6 is 0 Å². The van der Waals surface area contributed by atoms with Gasteiger partial charge in [-0.1, -0.05) is 30.3 Å². The summed E-state index contributed by atoms with van der Waals surface area (Å²) < 4.78 is 21.3. The molecule has 0 radical (unpaired) electrons. The molecule has 1 saturated heterocycles. The Morgan fingerprint density at radius 2 is 2.12 bits per heavy atom. The van der Waals surface area contributed by atoms with Gasteiger partial charge in [-0.15, -0.1) is 0 Å². The monoisotopic (exact) mass is 359 g/mol. The first-order chi connectivity index (χ1) is 12.8. The Labute approximate surface area is 148 Å². The highest BCUT2D eigenvalue weighted by Gasteiger charge is 2.37. The quantitative estimate of drug-likeness (QED) is 0.650. The van der Waals surface area contributed by atoms with Gasteiger partial charge in [0.25, 0.3) is 0 Å². The summed E-state index contributed by atoms with van der Waals surface area (Å²) in [5, 5.41) is 9.18. The number of aromatic nitrogens is 4. The maximum atomic E-state index is 14.2. The zero-order valence-corrected chi connectivity index (χ0v) is 13.8. The number of hydrogen-bond acceptors (Lipinski definition) is 7. The van der Waals surface area contributed by atoms with Gasteiger partial charge in [0, 0.05) is 6.42 Å². The number of nitrogens with zero attached hydrogens (tertiary/aromatic N) is 4. The van der Waals surface area contributed by atoms with Gasteiger partial charge in [-0.2, -0.15) is 0 Å². The van der Waals surface area contributed by atoms with E-state index in [1.54, 1.807) is 0 Å². The molecule has 2 aromatic heterocycles. The summed E-state index contributed by atoms with van der Waals surface area (Å²) in [5.74, 6) is 0.386. The van der Waals surface area contributed by atoms with Gasteiger partial charge in [0.05, 0.1) is 25.6 Å². The van der Waals surface area contributed by atoms with Gasteiger partial charge in [-0.25, -0.2) is 24.8 Å². The first-order valence-electron chi connectivity index (χ1n) is 8.26. The molecule has 9 heteroatoms. The SMILES string of the molecule is OC[C@@H]1C[C@H](F)[C@H](n2cnc3c(NOCc4ccccc4)ncnc32)O1. The van der Waals surface area contributed by atoms with E-state index in [2.05, 4.69) is 20.4 Å². The van der Waals surface area contributed by atoms with Crippen LogP contribution in [0, 0.1) is 0 Å². The minimum Gasteiger partial charge on any atom is -0.394 e. The third kappa shape index (κ3) is 3.24. The molecule has 0 amide bonds.